The fourth-order valence-corrected chi connectivity index (χ4v) is 2.82. The highest BCUT2D eigenvalue weighted by molar-refractivity contribution is 7.99. The van der Waals surface area contributed by atoms with Crippen LogP contribution in [-0.4, -0.2) is 11.7 Å². The minimum absolute atomic E-state index is 0.0169. The third kappa shape index (κ3) is 5.56. The molecular formula is C17H15F4NOS. The predicted octanol–water partition coefficient (Wildman–Crippen LogP) is 4.39. The summed E-state index contributed by atoms with van der Waals surface area (Å²) < 4.78 is 51.2. The second-order valence-corrected chi connectivity index (χ2v) is 6.04. The van der Waals surface area contributed by atoms with Crippen molar-refractivity contribution in [3.8, 4) is 0 Å². The molecule has 0 aliphatic carbocycles. The van der Waals surface area contributed by atoms with Crippen molar-refractivity contribution in [1.29, 1.82) is 0 Å². The number of halogens is 4. The van der Waals surface area contributed by atoms with Gasteiger partial charge >= 0.3 is 6.18 Å². The van der Waals surface area contributed by atoms with Gasteiger partial charge in [0.1, 0.15) is 5.82 Å². The molecule has 0 atom stereocenters. The van der Waals surface area contributed by atoms with E-state index in [-0.39, 0.29) is 24.0 Å². The van der Waals surface area contributed by atoms with Gasteiger partial charge in [-0.05, 0) is 29.3 Å². The number of thioether (sulfide) groups is 1. The van der Waals surface area contributed by atoms with Gasteiger partial charge in [0, 0.05) is 12.3 Å². The molecule has 24 heavy (non-hydrogen) atoms. The van der Waals surface area contributed by atoms with E-state index in [0.29, 0.717) is 16.9 Å². The molecule has 128 valence electrons. The van der Waals surface area contributed by atoms with Gasteiger partial charge < -0.3 is 5.32 Å². The summed E-state index contributed by atoms with van der Waals surface area (Å²) in [6.45, 7) is 0.0169. The van der Waals surface area contributed by atoms with E-state index in [1.54, 1.807) is 18.2 Å². The Morgan fingerprint density at radius 1 is 1.08 bits per heavy atom. The van der Waals surface area contributed by atoms with Crippen LogP contribution in [-0.2, 0) is 23.3 Å². The number of carbonyl (C=O) groups is 1. The van der Waals surface area contributed by atoms with Gasteiger partial charge in [0.2, 0.25) is 5.91 Å². The highest BCUT2D eigenvalue weighted by atomic mass is 32.2. The van der Waals surface area contributed by atoms with E-state index in [0.717, 1.165) is 12.1 Å². The zero-order valence-electron chi connectivity index (χ0n) is 12.6. The van der Waals surface area contributed by atoms with Crippen LogP contribution in [0.5, 0.6) is 0 Å². The monoisotopic (exact) mass is 357 g/mol. The van der Waals surface area contributed by atoms with Crippen molar-refractivity contribution in [3.05, 3.63) is 71.0 Å². The van der Waals surface area contributed by atoms with Crippen LogP contribution in [0.1, 0.15) is 16.7 Å². The van der Waals surface area contributed by atoms with Crippen molar-refractivity contribution >= 4 is 17.7 Å². The molecule has 1 N–H and O–H groups in total. The van der Waals surface area contributed by atoms with Gasteiger partial charge in [-0.15, -0.1) is 11.8 Å². The normalized spacial score (nSPS) is 11.3. The lowest BCUT2D eigenvalue weighted by atomic mass is 10.1. The molecule has 7 heteroatoms. The molecular weight excluding hydrogens is 342 g/mol. The molecule has 2 aromatic rings. The largest absolute Gasteiger partial charge is 0.416 e. The summed E-state index contributed by atoms with van der Waals surface area (Å²) in [5, 5.41) is 2.56. The lowest BCUT2D eigenvalue weighted by Crippen LogP contribution is -2.24. The number of benzene rings is 2. The van der Waals surface area contributed by atoms with Crippen LogP contribution in [0, 0.1) is 5.82 Å². The topological polar surface area (TPSA) is 29.1 Å². The Labute approximate surface area is 141 Å². The van der Waals surface area contributed by atoms with Gasteiger partial charge in [-0.1, -0.05) is 30.3 Å². The van der Waals surface area contributed by atoms with Crippen LogP contribution in [0.25, 0.3) is 0 Å². The van der Waals surface area contributed by atoms with E-state index in [4.69, 9.17) is 0 Å². The number of hydrogen-bond acceptors (Lipinski definition) is 2. The zero-order valence-corrected chi connectivity index (χ0v) is 13.4. The third-order valence-corrected chi connectivity index (χ3v) is 4.17. The van der Waals surface area contributed by atoms with Crippen molar-refractivity contribution < 1.29 is 22.4 Å². The van der Waals surface area contributed by atoms with Gasteiger partial charge in [-0.2, -0.15) is 13.2 Å². The molecule has 0 aromatic heterocycles. The maximum atomic E-state index is 13.4. The Bertz CT molecular complexity index is 703. The van der Waals surface area contributed by atoms with Crippen molar-refractivity contribution in [2.24, 2.45) is 0 Å². The van der Waals surface area contributed by atoms with Crippen LogP contribution >= 0.6 is 11.8 Å². The number of hydrogen-bond donors (Lipinski definition) is 1. The SMILES string of the molecule is O=C(CSCc1ccccc1F)NCc1cccc(C(F)(F)F)c1. The molecule has 2 nitrogen and oxygen atoms in total. The molecule has 2 rings (SSSR count). The Kier molecular flexibility index (Phi) is 6.25. The lowest BCUT2D eigenvalue weighted by molar-refractivity contribution is -0.137. The molecule has 0 aliphatic heterocycles. The molecule has 2 aromatic carbocycles. The molecule has 0 spiro atoms. The first-order valence-electron chi connectivity index (χ1n) is 7.10. The summed E-state index contributed by atoms with van der Waals surface area (Å²) in [5.41, 5.74) is 0.133. The summed E-state index contributed by atoms with van der Waals surface area (Å²) in [7, 11) is 0. The first-order valence-corrected chi connectivity index (χ1v) is 8.26. The fourth-order valence-electron chi connectivity index (χ4n) is 1.98. The molecule has 0 bridgehead atoms. The first kappa shape index (κ1) is 18.3. The minimum Gasteiger partial charge on any atom is -0.351 e. The quantitative estimate of drug-likeness (QED) is 0.777. The molecule has 1 amide bonds. The summed E-state index contributed by atoms with van der Waals surface area (Å²) in [6, 6.07) is 11.1. The third-order valence-electron chi connectivity index (χ3n) is 3.19. The van der Waals surface area contributed by atoms with Crippen LogP contribution in [0.2, 0.25) is 0 Å². The maximum Gasteiger partial charge on any atom is 0.416 e. The van der Waals surface area contributed by atoms with E-state index in [1.165, 1.54) is 30.0 Å². The summed E-state index contributed by atoms with van der Waals surface area (Å²) in [5.74, 6) is -0.181. The van der Waals surface area contributed by atoms with E-state index >= 15 is 0 Å². The molecule has 0 saturated carbocycles. The molecule has 0 fully saturated rings. The number of nitrogens with one attached hydrogen (secondary N) is 1. The van der Waals surface area contributed by atoms with E-state index in [1.807, 2.05) is 0 Å². The van der Waals surface area contributed by atoms with Gasteiger partial charge in [-0.3, -0.25) is 4.79 Å². The highest BCUT2D eigenvalue weighted by Gasteiger charge is 2.30. The van der Waals surface area contributed by atoms with Crippen LogP contribution in [0.3, 0.4) is 0 Å². The second kappa shape index (κ2) is 8.19. The standard InChI is InChI=1S/C17H15F4NOS/c18-15-7-2-1-5-13(15)10-24-11-16(23)22-9-12-4-3-6-14(8-12)17(19,20)21/h1-8H,9-11H2,(H,22,23). The average Bonchev–Trinajstić information content (AvgIpc) is 2.54. The predicted molar refractivity (Wildman–Crippen MR) is 85.9 cm³/mol. The number of carbonyl (C=O) groups excluding carboxylic acids is 1. The second-order valence-electron chi connectivity index (χ2n) is 5.06. The van der Waals surface area contributed by atoms with Crippen molar-refractivity contribution in [2.45, 2.75) is 18.5 Å². The van der Waals surface area contributed by atoms with Crippen molar-refractivity contribution in [3.63, 3.8) is 0 Å². The fraction of sp³-hybridized carbons (Fsp3) is 0.235. The molecule has 0 aliphatic rings. The summed E-state index contributed by atoms with van der Waals surface area (Å²) in [4.78, 5) is 11.7. The Balaban J connectivity index is 1.78. The number of amides is 1. The summed E-state index contributed by atoms with van der Waals surface area (Å²) >= 11 is 1.24. The van der Waals surface area contributed by atoms with E-state index in [9.17, 15) is 22.4 Å². The molecule has 0 unspecified atom stereocenters. The molecule has 0 saturated heterocycles. The van der Waals surface area contributed by atoms with Crippen molar-refractivity contribution in [2.75, 3.05) is 5.75 Å². The Morgan fingerprint density at radius 3 is 2.54 bits per heavy atom. The summed E-state index contributed by atoms with van der Waals surface area (Å²) in [6.07, 6.45) is -4.41. The smallest absolute Gasteiger partial charge is 0.351 e. The Hall–Kier alpha value is -2.02. The molecule has 0 heterocycles. The zero-order chi connectivity index (χ0) is 17.6. The first-order chi connectivity index (χ1) is 11.4. The highest BCUT2D eigenvalue weighted by Crippen LogP contribution is 2.29. The van der Waals surface area contributed by atoms with Gasteiger partial charge in [0.15, 0.2) is 0 Å². The van der Waals surface area contributed by atoms with Crippen LogP contribution in [0.15, 0.2) is 48.5 Å². The maximum absolute atomic E-state index is 13.4. The minimum atomic E-state index is -4.41. The van der Waals surface area contributed by atoms with Gasteiger partial charge in [0.25, 0.3) is 0 Å². The van der Waals surface area contributed by atoms with E-state index in [2.05, 4.69) is 5.32 Å². The van der Waals surface area contributed by atoms with Gasteiger partial charge in [-0.25, -0.2) is 4.39 Å². The Morgan fingerprint density at radius 2 is 1.83 bits per heavy atom. The van der Waals surface area contributed by atoms with Crippen LogP contribution < -0.4 is 5.32 Å². The van der Waals surface area contributed by atoms with Crippen LogP contribution in [0.4, 0.5) is 17.6 Å². The van der Waals surface area contributed by atoms with Gasteiger partial charge in [0.05, 0.1) is 11.3 Å². The number of rotatable bonds is 6. The average molecular weight is 357 g/mol. The van der Waals surface area contributed by atoms with Crippen molar-refractivity contribution in [1.82, 2.24) is 5.32 Å². The lowest BCUT2D eigenvalue weighted by Gasteiger charge is -2.09. The van der Waals surface area contributed by atoms with E-state index < -0.39 is 11.7 Å². The molecule has 0 radical (unpaired) electrons. The number of alkyl halides is 3.